The summed E-state index contributed by atoms with van der Waals surface area (Å²) in [5.41, 5.74) is 6.09. The smallest absolute Gasteiger partial charge is 0.225 e. The number of allylic oxidation sites excluding steroid dienone is 2. The lowest BCUT2D eigenvalue weighted by atomic mass is 9.96. The zero-order valence-corrected chi connectivity index (χ0v) is 19.3. The third-order valence-electron chi connectivity index (χ3n) is 6.36. The van der Waals surface area contributed by atoms with Crippen molar-refractivity contribution < 1.29 is 4.79 Å². The second-order valence-corrected chi connectivity index (χ2v) is 9.32. The van der Waals surface area contributed by atoms with E-state index < -0.39 is 0 Å². The summed E-state index contributed by atoms with van der Waals surface area (Å²) in [6.07, 6.45) is 10.1. The number of nitrogens with one attached hydrogen (secondary N) is 1. The molecule has 0 aromatic carbocycles. The van der Waals surface area contributed by atoms with E-state index in [1.54, 1.807) is 0 Å². The molecule has 1 amide bonds. The zero-order valence-electron chi connectivity index (χ0n) is 17.7. The number of nitrogens with zero attached hydrogens (tertiary/aromatic N) is 2. The van der Waals surface area contributed by atoms with Crippen molar-refractivity contribution in [3.05, 3.63) is 64.3 Å². The third-order valence-corrected chi connectivity index (χ3v) is 6.79. The summed E-state index contributed by atoms with van der Waals surface area (Å²) in [6.45, 7) is 11.7. The van der Waals surface area contributed by atoms with Crippen molar-refractivity contribution in [2.75, 3.05) is 18.4 Å². The largest absolute Gasteiger partial charge is 0.363 e. The minimum Gasteiger partial charge on any atom is -0.363 e. The van der Waals surface area contributed by atoms with E-state index in [1.807, 2.05) is 11.0 Å². The maximum Gasteiger partial charge on any atom is 0.225 e. The number of anilines is 1. The molecule has 2 aliphatic carbocycles. The number of hydrogen-bond donors (Lipinski definition) is 1. The van der Waals surface area contributed by atoms with E-state index >= 15 is 0 Å². The quantitative estimate of drug-likeness (QED) is 0.564. The molecular formula is C25H30BrN3O. The highest BCUT2D eigenvalue weighted by Crippen LogP contribution is 2.36. The lowest BCUT2D eigenvalue weighted by Gasteiger charge is -2.27. The monoisotopic (exact) mass is 467 g/mol. The van der Waals surface area contributed by atoms with Crippen LogP contribution in [-0.4, -0.2) is 34.9 Å². The first-order chi connectivity index (χ1) is 14.5. The summed E-state index contributed by atoms with van der Waals surface area (Å²) in [5.74, 6) is 1.54. The minimum absolute atomic E-state index is 0.198. The average molecular weight is 468 g/mol. The summed E-state index contributed by atoms with van der Waals surface area (Å²) in [5, 5.41) is 3.60. The van der Waals surface area contributed by atoms with Gasteiger partial charge in [-0.2, -0.15) is 0 Å². The van der Waals surface area contributed by atoms with Crippen molar-refractivity contribution in [2.24, 2.45) is 5.92 Å². The molecule has 1 unspecified atom stereocenters. The Balaban J connectivity index is 1.50. The Kier molecular flexibility index (Phi) is 6.28. The standard InChI is InChI=1S/C25H30BrN3O/c1-4-17-8-10-22(24(17)16(3)26)28-23-11-9-20(21(5-2)27-23)18-12-14-29(15-13-18)25(30)19-6-7-19/h4,9,11-12,19,22H,1,3,5-8,10,13-15H2,2H3,(H,27,28). The van der Waals surface area contributed by atoms with Gasteiger partial charge in [0, 0.05) is 23.5 Å². The van der Waals surface area contributed by atoms with Gasteiger partial charge >= 0.3 is 0 Å². The molecule has 1 atom stereocenters. The molecule has 1 fully saturated rings. The fourth-order valence-corrected chi connectivity index (χ4v) is 5.08. The van der Waals surface area contributed by atoms with Gasteiger partial charge in [0.15, 0.2) is 0 Å². The summed E-state index contributed by atoms with van der Waals surface area (Å²) in [6, 6.07) is 4.47. The van der Waals surface area contributed by atoms with E-state index in [4.69, 9.17) is 4.98 Å². The maximum atomic E-state index is 12.3. The van der Waals surface area contributed by atoms with E-state index in [1.165, 1.54) is 22.3 Å². The van der Waals surface area contributed by atoms with Crippen LogP contribution in [0.2, 0.25) is 0 Å². The lowest BCUT2D eigenvalue weighted by Crippen LogP contribution is -2.35. The minimum atomic E-state index is 0.198. The molecular weight excluding hydrogens is 438 g/mol. The molecule has 0 spiro atoms. The van der Waals surface area contributed by atoms with E-state index in [0.29, 0.717) is 11.8 Å². The number of rotatable bonds is 7. The fourth-order valence-electron chi connectivity index (χ4n) is 4.55. The van der Waals surface area contributed by atoms with Crippen LogP contribution in [-0.2, 0) is 11.2 Å². The van der Waals surface area contributed by atoms with Crippen LogP contribution >= 0.6 is 15.9 Å². The van der Waals surface area contributed by atoms with Gasteiger partial charge in [0.25, 0.3) is 0 Å². The zero-order chi connectivity index (χ0) is 21.3. The Morgan fingerprint density at radius 3 is 2.73 bits per heavy atom. The van der Waals surface area contributed by atoms with Gasteiger partial charge in [-0.3, -0.25) is 4.79 Å². The van der Waals surface area contributed by atoms with Crippen LogP contribution in [0.1, 0.15) is 50.3 Å². The van der Waals surface area contributed by atoms with Crippen LogP contribution in [0.4, 0.5) is 5.82 Å². The van der Waals surface area contributed by atoms with E-state index in [9.17, 15) is 4.79 Å². The second-order valence-electron chi connectivity index (χ2n) is 8.37. The molecule has 1 saturated carbocycles. The number of carbonyl (C=O) groups excluding carboxylic acids is 1. The number of hydrogen-bond acceptors (Lipinski definition) is 3. The average Bonchev–Trinajstić information content (AvgIpc) is 3.53. The first kappa shape index (κ1) is 21.1. The van der Waals surface area contributed by atoms with Crippen LogP contribution < -0.4 is 5.32 Å². The molecule has 1 aromatic rings. The van der Waals surface area contributed by atoms with Gasteiger partial charge in [0.1, 0.15) is 5.82 Å². The number of amides is 1. The van der Waals surface area contributed by atoms with Gasteiger partial charge in [-0.05, 0) is 72.9 Å². The molecule has 2 heterocycles. The molecule has 4 nitrogen and oxygen atoms in total. The lowest BCUT2D eigenvalue weighted by molar-refractivity contribution is -0.132. The van der Waals surface area contributed by atoms with Gasteiger partial charge in [-0.25, -0.2) is 4.98 Å². The van der Waals surface area contributed by atoms with Gasteiger partial charge in [0.05, 0.1) is 11.7 Å². The Bertz CT molecular complexity index is 942. The van der Waals surface area contributed by atoms with Crippen LogP contribution in [0, 0.1) is 5.92 Å². The molecule has 1 N–H and O–H groups in total. The summed E-state index contributed by atoms with van der Waals surface area (Å²) in [4.78, 5) is 19.3. The third kappa shape index (κ3) is 4.31. The van der Waals surface area contributed by atoms with Crippen molar-refractivity contribution >= 4 is 33.2 Å². The summed E-state index contributed by atoms with van der Waals surface area (Å²) < 4.78 is 0.914. The van der Waals surface area contributed by atoms with Crippen molar-refractivity contribution in [1.29, 1.82) is 0 Å². The molecule has 158 valence electrons. The van der Waals surface area contributed by atoms with Crippen molar-refractivity contribution in [1.82, 2.24) is 9.88 Å². The van der Waals surface area contributed by atoms with Crippen LogP contribution in [0.3, 0.4) is 0 Å². The Hall–Kier alpha value is -2.14. The maximum absolute atomic E-state index is 12.3. The molecule has 3 aliphatic rings. The summed E-state index contributed by atoms with van der Waals surface area (Å²) >= 11 is 3.56. The van der Waals surface area contributed by atoms with Gasteiger partial charge < -0.3 is 10.2 Å². The fraction of sp³-hybridized carbons (Fsp3) is 0.440. The second kappa shape index (κ2) is 8.93. The number of carbonyl (C=O) groups is 1. The SMILES string of the molecule is C=CC1=C(C(=C)Br)C(Nc2ccc(C3=CCN(C(=O)C4CC4)CC3)c(CC)n2)CC1. The highest BCUT2D eigenvalue weighted by molar-refractivity contribution is 9.11. The van der Waals surface area contributed by atoms with Gasteiger partial charge in [0.2, 0.25) is 5.91 Å². The number of pyridine rings is 1. The van der Waals surface area contributed by atoms with Gasteiger partial charge in [-0.15, -0.1) is 0 Å². The molecule has 30 heavy (non-hydrogen) atoms. The predicted molar refractivity (Wildman–Crippen MR) is 127 cm³/mol. The van der Waals surface area contributed by atoms with Crippen LogP contribution in [0.25, 0.3) is 5.57 Å². The Labute approximate surface area is 188 Å². The highest BCUT2D eigenvalue weighted by Gasteiger charge is 2.34. The van der Waals surface area contributed by atoms with Crippen LogP contribution in [0.5, 0.6) is 0 Å². The Morgan fingerprint density at radius 2 is 2.13 bits per heavy atom. The molecule has 0 bridgehead atoms. The molecule has 5 heteroatoms. The molecule has 0 saturated heterocycles. The van der Waals surface area contributed by atoms with Crippen molar-refractivity contribution in [3.8, 4) is 0 Å². The highest BCUT2D eigenvalue weighted by atomic mass is 79.9. The van der Waals surface area contributed by atoms with Crippen molar-refractivity contribution in [2.45, 2.75) is 51.5 Å². The molecule has 4 rings (SSSR count). The number of aromatic nitrogens is 1. The molecule has 0 radical (unpaired) electrons. The van der Waals surface area contributed by atoms with E-state index in [-0.39, 0.29) is 6.04 Å². The van der Waals surface area contributed by atoms with E-state index in [0.717, 1.165) is 67.6 Å². The van der Waals surface area contributed by atoms with Crippen LogP contribution in [0.15, 0.2) is 53.1 Å². The van der Waals surface area contributed by atoms with E-state index in [2.05, 4.69) is 59.5 Å². The summed E-state index contributed by atoms with van der Waals surface area (Å²) in [7, 11) is 0. The first-order valence-electron chi connectivity index (χ1n) is 11.0. The molecule has 1 aromatic heterocycles. The Morgan fingerprint density at radius 1 is 1.33 bits per heavy atom. The molecule has 1 aliphatic heterocycles. The van der Waals surface area contributed by atoms with Gasteiger partial charge in [-0.1, -0.05) is 48.2 Å². The van der Waals surface area contributed by atoms with Crippen molar-refractivity contribution in [3.63, 3.8) is 0 Å². The number of halogens is 1. The number of aryl methyl sites for hydroxylation is 1. The predicted octanol–water partition coefficient (Wildman–Crippen LogP) is 5.64. The first-order valence-corrected chi connectivity index (χ1v) is 11.8. The normalized spacial score (nSPS) is 21.5. The topological polar surface area (TPSA) is 45.2 Å².